The SMILES string of the molecule is O=C(C[C@H](C[N+](=O)[O-])c1ccc(Cl)cc1)Oc1ccccc1. The molecule has 0 fully saturated rings. The number of esters is 1. The summed E-state index contributed by atoms with van der Waals surface area (Å²) in [5.74, 6) is -0.639. The third-order valence-corrected chi connectivity index (χ3v) is 3.35. The molecule has 2 aromatic carbocycles. The fourth-order valence-electron chi connectivity index (χ4n) is 2.07. The van der Waals surface area contributed by atoms with Crippen LogP contribution >= 0.6 is 11.6 Å². The highest BCUT2D eigenvalue weighted by Crippen LogP contribution is 2.23. The average Bonchev–Trinajstić information content (AvgIpc) is 2.48. The molecule has 0 amide bonds. The number of halogens is 1. The Morgan fingerprint density at radius 2 is 1.77 bits per heavy atom. The number of benzene rings is 2. The first-order valence-corrected chi connectivity index (χ1v) is 7.05. The van der Waals surface area contributed by atoms with Gasteiger partial charge in [0.2, 0.25) is 6.54 Å². The molecule has 0 bridgehead atoms. The molecule has 0 aliphatic rings. The van der Waals surface area contributed by atoms with Crippen molar-refractivity contribution < 1.29 is 14.5 Å². The second kappa shape index (κ2) is 7.56. The molecule has 0 spiro atoms. The van der Waals surface area contributed by atoms with E-state index in [4.69, 9.17) is 16.3 Å². The van der Waals surface area contributed by atoms with E-state index in [1.54, 1.807) is 54.6 Å². The third-order valence-electron chi connectivity index (χ3n) is 3.10. The molecule has 0 radical (unpaired) electrons. The van der Waals surface area contributed by atoms with Crippen LogP contribution < -0.4 is 4.74 Å². The second-order valence-corrected chi connectivity index (χ2v) is 5.19. The van der Waals surface area contributed by atoms with E-state index < -0.39 is 16.8 Å². The molecule has 1 atom stereocenters. The summed E-state index contributed by atoms with van der Waals surface area (Å²) in [4.78, 5) is 22.4. The molecule has 2 rings (SSSR count). The number of nitro groups is 1. The first-order chi connectivity index (χ1) is 10.5. The Balaban J connectivity index is 2.07. The third kappa shape index (κ3) is 4.86. The Morgan fingerprint density at radius 1 is 1.14 bits per heavy atom. The largest absolute Gasteiger partial charge is 0.427 e. The molecule has 0 heterocycles. The van der Waals surface area contributed by atoms with Gasteiger partial charge in [0.25, 0.3) is 0 Å². The summed E-state index contributed by atoms with van der Waals surface area (Å²) in [7, 11) is 0. The average molecular weight is 320 g/mol. The van der Waals surface area contributed by atoms with Crippen LogP contribution in [0.2, 0.25) is 5.02 Å². The Hall–Kier alpha value is -2.40. The van der Waals surface area contributed by atoms with Crippen molar-refractivity contribution in [2.45, 2.75) is 12.3 Å². The molecule has 114 valence electrons. The van der Waals surface area contributed by atoms with E-state index in [0.29, 0.717) is 16.3 Å². The maximum absolute atomic E-state index is 12.0. The standard InChI is InChI=1S/C16H14ClNO4/c17-14-8-6-12(7-9-14)13(11-18(20)21)10-16(19)22-15-4-2-1-3-5-15/h1-9,13H,10-11H2/t13-/m1/s1. The number of rotatable bonds is 6. The van der Waals surface area contributed by atoms with Crippen molar-refractivity contribution >= 4 is 17.6 Å². The van der Waals surface area contributed by atoms with Crippen molar-refractivity contribution in [2.24, 2.45) is 0 Å². The molecule has 0 unspecified atom stereocenters. The van der Waals surface area contributed by atoms with Crippen molar-refractivity contribution in [2.75, 3.05) is 6.54 Å². The lowest BCUT2D eigenvalue weighted by molar-refractivity contribution is -0.483. The van der Waals surface area contributed by atoms with E-state index in [2.05, 4.69) is 0 Å². The Kier molecular flexibility index (Phi) is 5.49. The summed E-state index contributed by atoms with van der Waals surface area (Å²) in [5.41, 5.74) is 0.686. The van der Waals surface area contributed by atoms with Gasteiger partial charge in [0.05, 0.1) is 12.3 Å². The minimum atomic E-state index is -0.552. The summed E-state index contributed by atoms with van der Waals surface area (Å²) in [6.45, 7) is -0.342. The van der Waals surface area contributed by atoms with E-state index in [0.717, 1.165) is 0 Å². The molecule has 2 aromatic rings. The van der Waals surface area contributed by atoms with Gasteiger partial charge in [-0.15, -0.1) is 0 Å². The van der Waals surface area contributed by atoms with Gasteiger partial charge in [0.15, 0.2) is 0 Å². The van der Waals surface area contributed by atoms with Gasteiger partial charge >= 0.3 is 5.97 Å². The number of carbonyl (C=O) groups is 1. The number of hydrogen-bond acceptors (Lipinski definition) is 4. The molecule has 0 N–H and O–H groups in total. The van der Waals surface area contributed by atoms with E-state index in [1.807, 2.05) is 0 Å². The zero-order chi connectivity index (χ0) is 15.9. The highest BCUT2D eigenvalue weighted by Gasteiger charge is 2.22. The summed E-state index contributed by atoms with van der Waals surface area (Å²) in [5, 5.41) is 11.4. The molecule has 0 aliphatic carbocycles. The second-order valence-electron chi connectivity index (χ2n) is 4.76. The molecule has 22 heavy (non-hydrogen) atoms. The monoisotopic (exact) mass is 319 g/mol. The maximum atomic E-state index is 12.0. The maximum Gasteiger partial charge on any atom is 0.312 e. The number of ether oxygens (including phenoxy) is 1. The minimum absolute atomic E-state index is 0.0719. The molecule has 6 heteroatoms. The van der Waals surface area contributed by atoms with Gasteiger partial charge < -0.3 is 4.74 Å². The summed E-state index contributed by atoms with van der Waals surface area (Å²) in [6, 6.07) is 15.3. The van der Waals surface area contributed by atoms with Crippen molar-refractivity contribution in [1.29, 1.82) is 0 Å². The fraction of sp³-hybridized carbons (Fsp3) is 0.188. The molecule has 0 saturated heterocycles. The summed E-state index contributed by atoms with van der Waals surface area (Å²) in [6.07, 6.45) is -0.0719. The first-order valence-electron chi connectivity index (χ1n) is 6.67. The van der Waals surface area contributed by atoms with Crippen LogP contribution in [0, 0.1) is 10.1 Å². The zero-order valence-corrected chi connectivity index (χ0v) is 12.4. The van der Waals surface area contributed by atoms with E-state index in [1.165, 1.54) is 0 Å². The lowest BCUT2D eigenvalue weighted by Gasteiger charge is -2.13. The smallest absolute Gasteiger partial charge is 0.312 e. The van der Waals surface area contributed by atoms with Crippen molar-refractivity contribution in [3.63, 3.8) is 0 Å². The van der Waals surface area contributed by atoms with Crippen molar-refractivity contribution in [1.82, 2.24) is 0 Å². The van der Waals surface area contributed by atoms with Crippen LogP contribution in [0.25, 0.3) is 0 Å². The number of carbonyl (C=O) groups excluding carboxylic acids is 1. The molecule has 0 aliphatic heterocycles. The summed E-state index contributed by atoms with van der Waals surface area (Å²) < 4.78 is 5.18. The van der Waals surface area contributed by atoms with Gasteiger partial charge in [0.1, 0.15) is 5.75 Å². The quantitative estimate of drug-likeness (QED) is 0.352. The number of hydrogen-bond donors (Lipinski definition) is 0. The van der Waals surface area contributed by atoms with Crippen molar-refractivity contribution in [3.8, 4) is 5.75 Å². The predicted octanol–water partition coefficient (Wildman–Crippen LogP) is 3.70. The molecular formula is C16H14ClNO4. The van der Waals surface area contributed by atoms with Crippen LogP contribution in [-0.4, -0.2) is 17.4 Å². The number of nitrogens with zero attached hydrogens (tertiary/aromatic N) is 1. The van der Waals surface area contributed by atoms with Crippen LogP contribution in [0.15, 0.2) is 54.6 Å². The van der Waals surface area contributed by atoms with Crippen molar-refractivity contribution in [3.05, 3.63) is 75.3 Å². The van der Waals surface area contributed by atoms with Gasteiger partial charge in [0, 0.05) is 9.95 Å². The molecule has 0 aromatic heterocycles. The number of para-hydroxylation sites is 1. The fourth-order valence-corrected chi connectivity index (χ4v) is 2.19. The highest BCUT2D eigenvalue weighted by atomic mass is 35.5. The predicted molar refractivity (Wildman–Crippen MR) is 82.7 cm³/mol. The highest BCUT2D eigenvalue weighted by molar-refractivity contribution is 6.30. The molecule has 5 nitrogen and oxygen atoms in total. The Labute approximate surface area is 132 Å². The van der Waals surface area contributed by atoms with Gasteiger partial charge in [-0.05, 0) is 29.8 Å². The summed E-state index contributed by atoms with van der Waals surface area (Å²) >= 11 is 5.81. The van der Waals surface area contributed by atoms with E-state index in [-0.39, 0.29) is 13.0 Å². The van der Waals surface area contributed by atoms with Gasteiger partial charge in [-0.1, -0.05) is 41.9 Å². The van der Waals surface area contributed by atoms with Crippen LogP contribution in [0.3, 0.4) is 0 Å². The first kappa shape index (κ1) is 16.0. The van der Waals surface area contributed by atoms with Crippen LogP contribution in [-0.2, 0) is 4.79 Å². The van der Waals surface area contributed by atoms with E-state index >= 15 is 0 Å². The topological polar surface area (TPSA) is 69.4 Å². The zero-order valence-electron chi connectivity index (χ0n) is 11.6. The molecular weight excluding hydrogens is 306 g/mol. The van der Waals surface area contributed by atoms with Crippen LogP contribution in [0.4, 0.5) is 0 Å². The van der Waals surface area contributed by atoms with Gasteiger partial charge in [-0.3, -0.25) is 14.9 Å². The lowest BCUT2D eigenvalue weighted by atomic mass is 9.96. The normalized spacial score (nSPS) is 11.7. The Bertz CT molecular complexity index is 643. The van der Waals surface area contributed by atoms with Gasteiger partial charge in [-0.2, -0.15) is 0 Å². The Morgan fingerprint density at radius 3 is 2.36 bits per heavy atom. The van der Waals surface area contributed by atoms with Crippen LogP contribution in [0.5, 0.6) is 5.75 Å². The van der Waals surface area contributed by atoms with Crippen LogP contribution in [0.1, 0.15) is 17.9 Å². The molecule has 0 saturated carbocycles. The van der Waals surface area contributed by atoms with Gasteiger partial charge in [-0.25, -0.2) is 0 Å². The lowest BCUT2D eigenvalue weighted by Crippen LogP contribution is -2.19. The van der Waals surface area contributed by atoms with E-state index in [9.17, 15) is 14.9 Å². The minimum Gasteiger partial charge on any atom is -0.427 e.